The molecule has 1 aromatic heterocycles. The number of rotatable bonds is 9. The van der Waals surface area contributed by atoms with E-state index in [0.29, 0.717) is 0 Å². The molecule has 0 spiro atoms. The van der Waals surface area contributed by atoms with Crippen molar-refractivity contribution in [3.8, 4) is 0 Å². The molecule has 0 amide bonds. The Bertz CT molecular complexity index is 1110. The first kappa shape index (κ1) is 24.7. The van der Waals surface area contributed by atoms with Crippen molar-refractivity contribution >= 4 is 11.9 Å². The van der Waals surface area contributed by atoms with Crippen molar-refractivity contribution in [1.29, 1.82) is 0 Å². The van der Waals surface area contributed by atoms with Crippen LogP contribution in [0.15, 0.2) is 46.5 Å². The number of hydrogen-bond donors (Lipinski definition) is 0. The number of benzene rings is 1. The highest BCUT2D eigenvalue weighted by Gasteiger charge is 2.49. The number of aromatic nitrogens is 2. The Morgan fingerprint density at radius 2 is 1.59 bits per heavy atom. The van der Waals surface area contributed by atoms with Gasteiger partial charge in [0.15, 0.2) is 0 Å². The number of hydrogen-bond acceptors (Lipinski definition) is 6. The van der Waals surface area contributed by atoms with Crippen molar-refractivity contribution in [3.05, 3.63) is 80.7 Å². The van der Waals surface area contributed by atoms with E-state index in [0.717, 1.165) is 40.3 Å². The zero-order chi connectivity index (χ0) is 24.1. The molecule has 0 unspecified atom stereocenters. The molecule has 0 N–H and O–H groups in total. The molecule has 0 fully saturated rings. The van der Waals surface area contributed by atoms with Gasteiger partial charge in [-0.25, -0.2) is 13.6 Å². The molecule has 0 radical (unpaired) electrons. The molecule has 0 saturated heterocycles. The second kappa shape index (κ2) is 10.2. The molecule has 0 aliphatic heterocycles. The fourth-order valence-electron chi connectivity index (χ4n) is 3.16. The van der Waals surface area contributed by atoms with Gasteiger partial charge >= 0.3 is 17.6 Å². The lowest BCUT2D eigenvalue weighted by Gasteiger charge is -2.28. The highest BCUT2D eigenvalue weighted by molar-refractivity contribution is 6.05. The quantitative estimate of drug-likeness (QED) is 0.329. The standard InChI is InChI=1S/C22H24F2N2O6/c1-5-11-25-18(27)12-17(22(4,19(28)31-6-2)20(29)32-7-3)26(21(25)30)13-14-15(23)9-8-10-16(14)24/h5,8-10,12H,1,6-7,11,13H2,2-4H3. The predicted molar refractivity (Wildman–Crippen MR) is 111 cm³/mol. The van der Waals surface area contributed by atoms with E-state index in [9.17, 15) is 28.0 Å². The molecule has 2 aromatic rings. The Morgan fingerprint density at radius 3 is 2.06 bits per heavy atom. The van der Waals surface area contributed by atoms with Gasteiger partial charge in [0.05, 0.1) is 25.5 Å². The minimum absolute atomic E-state index is 0.104. The lowest BCUT2D eigenvalue weighted by Crippen LogP contribution is -2.51. The van der Waals surface area contributed by atoms with Crippen LogP contribution in [0, 0.1) is 11.6 Å². The van der Waals surface area contributed by atoms with Gasteiger partial charge in [-0.15, -0.1) is 6.58 Å². The monoisotopic (exact) mass is 450 g/mol. The van der Waals surface area contributed by atoms with Gasteiger partial charge in [-0.2, -0.15) is 0 Å². The molecule has 0 aliphatic rings. The summed E-state index contributed by atoms with van der Waals surface area (Å²) in [6.07, 6.45) is 1.28. The average Bonchev–Trinajstić information content (AvgIpc) is 2.74. The van der Waals surface area contributed by atoms with E-state index in [2.05, 4.69) is 6.58 Å². The summed E-state index contributed by atoms with van der Waals surface area (Å²) < 4.78 is 40.3. The van der Waals surface area contributed by atoms with Crippen molar-refractivity contribution in [2.75, 3.05) is 13.2 Å². The van der Waals surface area contributed by atoms with E-state index in [4.69, 9.17) is 9.47 Å². The van der Waals surface area contributed by atoms with Crippen molar-refractivity contribution in [1.82, 2.24) is 9.13 Å². The highest BCUT2D eigenvalue weighted by Crippen LogP contribution is 2.27. The Morgan fingerprint density at radius 1 is 1.06 bits per heavy atom. The first-order valence-electron chi connectivity index (χ1n) is 9.86. The molecule has 1 aromatic carbocycles. The SMILES string of the molecule is C=CCn1c(=O)cc(C(C)(C(=O)OCC)C(=O)OCC)n(Cc2c(F)cccc2F)c1=O. The Balaban J connectivity index is 2.92. The molecule has 172 valence electrons. The Kier molecular flexibility index (Phi) is 7.85. The number of carbonyl (C=O) groups excluding carboxylic acids is 2. The average molecular weight is 450 g/mol. The van der Waals surface area contributed by atoms with Crippen LogP contribution in [0.4, 0.5) is 8.78 Å². The molecule has 0 bridgehead atoms. The van der Waals surface area contributed by atoms with Crippen molar-refractivity contribution in [2.24, 2.45) is 0 Å². The predicted octanol–water partition coefficient (Wildman–Crippen LogP) is 1.91. The fourth-order valence-corrected chi connectivity index (χ4v) is 3.16. The molecular weight excluding hydrogens is 426 g/mol. The molecule has 1 heterocycles. The van der Waals surface area contributed by atoms with Crippen LogP contribution in [0.5, 0.6) is 0 Å². The number of ether oxygens (including phenoxy) is 2. The van der Waals surface area contributed by atoms with Gasteiger partial charge in [-0.3, -0.25) is 23.5 Å². The van der Waals surface area contributed by atoms with Gasteiger partial charge < -0.3 is 9.47 Å². The molecule has 32 heavy (non-hydrogen) atoms. The van der Waals surface area contributed by atoms with Crippen LogP contribution < -0.4 is 11.2 Å². The Labute approximate surface area is 182 Å². The summed E-state index contributed by atoms with van der Waals surface area (Å²) in [5.41, 5.74) is -4.98. The summed E-state index contributed by atoms with van der Waals surface area (Å²) >= 11 is 0. The molecule has 10 heteroatoms. The summed E-state index contributed by atoms with van der Waals surface area (Å²) in [4.78, 5) is 51.5. The maximum atomic E-state index is 14.4. The van der Waals surface area contributed by atoms with Crippen LogP contribution in [0.25, 0.3) is 0 Å². The van der Waals surface area contributed by atoms with E-state index in [1.165, 1.54) is 19.9 Å². The zero-order valence-corrected chi connectivity index (χ0v) is 18.0. The molecule has 8 nitrogen and oxygen atoms in total. The Hall–Kier alpha value is -3.56. The van der Waals surface area contributed by atoms with Crippen molar-refractivity contribution in [3.63, 3.8) is 0 Å². The summed E-state index contributed by atoms with van der Waals surface area (Å²) in [7, 11) is 0. The minimum atomic E-state index is -2.25. The largest absolute Gasteiger partial charge is 0.465 e. The third-order valence-electron chi connectivity index (χ3n) is 4.85. The minimum Gasteiger partial charge on any atom is -0.465 e. The normalized spacial score (nSPS) is 11.2. The molecule has 0 aliphatic carbocycles. The van der Waals surface area contributed by atoms with Crippen LogP contribution in [-0.4, -0.2) is 34.3 Å². The topological polar surface area (TPSA) is 96.6 Å². The van der Waals surface area contributed by atoms with E-state index in [1.54, 1.807) is 0 Å². The van der Waals surface area contributed by atoms with E-state index in [-0.39, 0.29) is 19.8 Å². The van der Waals surface area contributed by atoms with Gasteiger partial charge in [-0.05, 0) is 32.9 Å². The van der Waals surface area contributed by atoms with Gasteiger partial charge in [-0.1, -0.05) is 12.1 Å². The second-order valence-electron chi connectivity index (χ2n) is 6.90. The first-order chi connectivity index (χ1) is 15.1. The van der Waals surface area contributed by atoms with Gasteiger partial charge in [0, 0.05) is 18.2 Å². The summed E-state index contributed by atoms with van der Waals surface area (Å²) in [5.74, 6) is -4.06. The first-order valence-corrected chi connectivity index (χ1v) is 9.86. The van der Waals surface area contributed by atoms with Crippen LogP contribution in [-0.2, 0) is 37.6 Å². The van der Waals surface area contributed by atoms with Crippen molar-refractivity contribution in [2.45, 2.75) is 39.3 Å². The fraction of sp³-hybridized carbons (Fsp3) is 0.364. The summed E-state index contributed by atoms with van der Waals surface area (Å²) in [6, 6.07) is 4.03. The second-order valence-corrected chi connectivity index (χ2v) is 6.90. The smallest absolute Gasteiger partial charge is 0.331 e. The maximum Gasteiger partial charge on any atom is 0.331 e. The molecule has 0 atom stereocenters. The maximum absolute atomic E-state index is 14.4. The molecular formula is C22H24F2N2O6. The number of halogens is 2. The van der Waals surface area contributed by atoms with E-state index >= 15 is 0 Å². The van der Waals surface area contributed by atoms with Gasteiger partial charge in [0.1, 0.15) is 11.6 Å². The highest BCUT2D eigenvalue weighted by atomic mass is 19.1. The van der Waals surface area contributed by atoms with Crippen LogP contribution in [0.3, 0.4) is 0 Å². The van der Waals surface area contributed by atoms with Crippen LogP contribution >= 0.6 is 0 Å². The van der Waals surface area contributed by atoms with Gasteiger partial charge in [0.25, 0.3) is 5.56 Å². The summed E-state index contributed by atoms with van der Waals surface area (Å²) in [6.45, 7) is 6.52. The van der Waals surface area contributed by atoms with E-state index < -0.39 is 58.0 Å². The number of allylic oxidation sites excluding steroid dienone is 1. The summed E-state index contributed by atoms with van der Waals surface area (Å²) in [5, 5.41) is 0. The van der Waals surface area contributed by atoms with Crippen LogP contribution in [0.1, 0.15) is 32.0 Å². The molecule has 0 saturated carbocycles. The van der Waals surface area contributed by atoms with E-state index in [1.807, 2.05) is 0 Å². The molecule has 2 rings (SSSR count). The number of esters is 2. The van der Waals surface area contributed by atoms with Gasteiger partial charge in [0.2, 0.25) is 5.41 Å². The third-order valence-corrected chi connectivity index (χ3v) is 4.85. The van der Waals surface area contributed by atoms with Crippen LogP contribution in [0.2, 0.25) is 0 Å². The third kappa shape index (κ3) is 4.53. The lowest BCUT2D eigenvalue weighted by atomic mass is 9.85. The number of carbonyl (C=O) groups is 2. The van der Waals surface area contributed by atoms with Crippen molar-refractivity contribution < 1.29 is 27.8 Å². The zero-order valence-electron chi connectivity index (χ0n) is 18.0. The number of nitrogens with zero attached hydrogens (tertiary/aromatic N) is 2. The lowest BCUT2D eigenvalue weighted by molar-refractivity contribution is -0.164.